The molecule has 1 aliphatic carbocycles. The Kier molecular flexibility index (Phi) is 4.22. The number of carbonyl (C=O) groups excluding carboxylic acids is 1. The third-order valence-electron chi connectivity index (χ3n) is 4.77. The average Bonchev–Trinajstić information content (AvgIpc) is 2.80. The van der Waals surface area contributed by atoms with Gasteiger partial charge in [0.25, 0.3) is 0 Å². The first-order chi connectivity index (χ1) is 9.40. The first-order valence-corrected chi connectivity index (χ1v) is 7.35. The summed E-state index contributed by atoms with van der Waals surface area (Å²) in [6, 6.07) is -0.201. The lowest BCUT2D eigenvalue weighted by atomic mass is 9.82. The largest absolute Gasteiger partial charge is 0.479 e. The minimum atomic E-state index is -1.04. The number of amides is 2. The SMILES string of the molecule is CCC1(C(=O)O)CCCN1C(=O)N(C)CC1CC(O)C1. The molecule has 1 unspecified atom stereocenters. The molecule has 1 saturated heterocycles. The van der Waals surface area contributed by atoms with Gasteiger partial charge in [-0.05, 0) is 38.0 Å². The Morgan fingerprint density at radius 1 is 1.40 bits per heavy atom. The molecule has 114 valence electrons. The molecule has 2 aliphatic rings. The van der Waals surface area contributed by atoms with Gasteiger partial charge in [0.2, 0.25) is 0 Å². The van der Waals surface area contributed by atoms with Crippen LogP contribution in [0.25, 0.3) is 0 Å². The van der Waals surface area contributed by atoms with Gasteiger partial charge in [0.15, 0.2) is 0 Å². The van der Waals surface area contributed by atoms with Crippen LogP contribution in [0.4, 0.5) is 4.79 Å². The fraction of sp³-hybridized carbons (Fsp3) is 0.857. The predicted molar refractivity (Wildman–Crippen MR) is 73.4 cm³/mol. The summed E-state index contributed by atoms with van der Waals surface area (Å²) in [6.45, 7) is 2.92. The summed E-state index contributed by atoms with van der Waals surface area (Å²) in [5, 5.41) is 18.8. The molecule has 1 heterocycles. The van der Waals surface area contributed by atoms with Crippen molar-refractivity contribution in [3.8, 4) is 0 Å². The van der Waals surface area contributed by atoms with Crippen LogP contribution in [-0.4, -0.2) is 63.8 Å². The monoisotopic (exact) mass is 284 g/mol. The summed E-state index contributed by atoms with van der Waals surface area (Å²) in [6.07, 6.45) is 2.93. The number of aliphatic hydroxyl groups is 1. The van der Waals surface area contributed by atoms with Gasteiger partial charge in [0.1, 0.15) is 5.54 Å². The maximum Gasteiger partial charge on any atom is 0.329 e. The molecule has 0 bridgehead atoms. The lowest BCUT2D eigenvalue weighted by molar-refractivity contribution is -0.148. The van der Waals surface area contributed by atoms with E-state index in [2.05, 4.69) is 0 Å². The van der Waals surface area contributed by atoms with Crippen molar-refractivity contribution in [1.29, 1.82) is 0 Å². The molecule has 0 aromatic heterocycles. The van der Waals surface area contributed by atoms with Gasteiger partial charge in [-0.1, -0.05) is 6.92 Å². The molecular formula is C14H24N2O4. The minimum absolute atomic E-state index is 0.201. The van der Waals surface area contributed by atoms with Crippen molar-refractivity contribution >= 4 is 12.0 Å². The molecule has 6 nitrogen and oxygen atoms in total. The van der Waals surface area contributed by atoms with Crippen LogP contribution in [0.3, 0.4) is 0 Å². The normalized spacial score (nSPS) is 32.9. The van der Waals surface area contributed by atoms with E-state index in [4.69, 9.17) is 0 Å². The van der Waals surface area contributed by atoms with Gasteiger partial charge in [0.05, 0.1) is 6.10 Å². The quantitative estimate of drug-likeness (QED) is 0.811. The van der Waals surface area contributed by atoms with Gasteiger partial charge < -0.3 is 20.0 Å². The smallest absolute Gasteiger partial charge is 0.329 e. The van der Waals surface area contributed by atoms with Gasteiger partial charge in [0, 0.05) is 20.1 Å². The molecular weight excluding hydrogens is 260 g/mol. The third-order valence-corrected chi connectivity index (χ3v) is 4.77. The highest BCUT2D eigenvalue weighted by Gasteiger charge is 2.49. The number of rotatable bonds is 4. The topological polar surface area (TPSA) is 81.1 Å². The van der Waals surface area contributed by atoms with E-state index in [9.17, 15) is 19.8 Å². The summed E-state index contributed by atoms with van der Waals surface area (Å²) in [4.78, 5) is 27.2. The summed E-state index contributed by atoms with van der Waals surface area (Å²) in [5.41, 5.74) is -1.04. The molecule has 2 fully saturated rings. The first kappa shape index (κ1) is 15.1. The summed E-state index contributed by atoms with van der Waals surface area (Å²) in [7, 11) is 1.72. The van der Waals surface area contributed by atoms with Crippen LogP contribution in [0.5, 0.6) is 0 Å². The lowest BCUT2D eigenvalue weighted by Crippen LogP contribution is -2.56. The number of carboxylic acids is 1. The van der Waals surface area contributed by atoms with Crippen molar-refractivity contribution in [2.24, 2.45) is 5.92 Å². The van der Waals surface area contributed by atoms with Crippen molar-refractivity contribution in [3.05, 3.63) is 0 Å². The number of carbonyl (C=O) groups is 2. The molecule has 20 heavy (non-hydrogen) atoms. The Morgan fingerprint density at radius 3 is 2.55 bits per heavy atom. The van der Waals surface area contributed by atoms with Crippen LogP contribution in [0.1, 0.15) is 39.0 Å². The minimum Gasteiger partial charge on any atom is -0.479 e. The van der Waals surface area contributed by atoms with E-state index in [0.29, 0.717) is 31.8 Å². The van der Waals surface area contributed by atoms with Crippen molar-refractivity contribution in [3.63, 3.8) is 0 Å². The van der Waals surface area contributed by atoms with E-state index >= 15 is 0 Å². The number of aliphatic carboxylic acids is 1. The second kappa shape index (κ2) is 5.60. The Hall–Kier alpha value is -1.30. The highest BCUT2D eigenvalue weighted by molar-refractivity contribution is 5.87. The van der Waals surface area contributed by atoms with Gasteiger partial charge in [-0.2, -0.15) is 0 Å². The van der Waals surface area contributed by atoms with E-state index in [1.165, 1.54) is 4.90 Å². The average molecular weight is 284 g/mol. The Bertz CT molecular complexity index is 395. The van der Waals surface area contributed by atoms with Gasteiger partial charge in [-0.15, -0.1) is 0 Å². The Balaban J connectivity index is 2.01. The molecule has 1 atom stereocenters. The zero-order chi connectivity index (χ0) is 14.9. The number of carboxylic acid groups (broad SMARTS) is 1. The molecule has 1 aliphatic heterocycles. The second-order valence-electron chi connectivity index (χ2n) is 6.10. The first-order valence-electron chi connectivity index (χ1n) is 7.35. The van der Waals surface area contributed by atoms with Crippen LogP contribution in [0.15, 0.2) is 0 Å². The van der Waals surface area contributed by atoms with Crippen LogP contribution in [0.2, 0.25) is 0 Å². The molecule has 0 aromatic carbocycles. The van der Waals surface area contributed by atoms with Crippen molar-refractivity contribution in [2.75, 3.05) is 20.1 Å². The predicted octanol–water partition coefficient (Wildman–Crippen LogP) is 1.14. The van der Waals surface area contributed by atoms with Gasteiger partial charge in [-0.25, -0.2) is 9.59 Å². The van der Waals surface area contributed by atoms with Crippen LogP contribution >= 0.6 is 0 Å². The summed E-state index contributed by atoms with van der Waals surface area (Å²) < 4.78 is 0. The fourth-order valence-corrected chi connectivity index (χ4v) is 3.42. The van der Waals surface area contributed by atoms with E-state index < -0.39 is 11.5 Å². The number of nitrogens with zero attached hydrogens (tertiary/aromatic N) is 2. The summed E-state index contributed by atoms with van der Waals surface area (Å²) in [5.74, 6) is -0.569. The number of hydrogen-bond acceptors (Lipinski definition) is 3. The van der Waals surface area contributed by atoms with Crippen molar-refractivity contribution < 1.29 is 19.8 Å². The highest BCUT2D eigenvalue weighted by Crippen LogP contribution is 2.34. The molecule has 1 saturated carbocycles. The van der Waals surface area contributed by atoms with Crippen LogP contribution < -0.4 is 0 Å². The number of urea groups is 1. The molecule has 0 spiro atoms. The van der Waals surface area contributed by atoms with E-state index in [0.717, 1.165) is 19.3 Å². The molecule has 2 rings (SSSR count). The zero-order valence-electron chi connectivity index (χ0n) is 12.2. The Morgan fingerprint density at radius 2 is 2.05 bits per heavy atom. The highest BCUT2D eigenvalue weighted by atomic mass is 16.4. The van der Waals surface area contributed by atoms with Gasteiger partial charge in [-0.3, -0.25) is 0 Å². The van der Waals surface area contributed by atoms with Crippen molar-refractivity contribution in [1.82, 2.24) is 9.80 Å². The molecule has 2 N–H and O–H groups in total. The molecule has 0 radical (unpaired) electrons. The number of likely N-dealkylation sites (tertiary alicyclic amines) is 1. The standard InChI is InChI=1S/C14H24N2O4/c1-3-14(12(18)19)5-4-6-16(14)13(20)15(2)9-10-7-11(17)8-10/h10-11,17H,3-9H2,1-2H3,(H,18,19). The summed E-state index contributed by atoms with van der Waals surface area (Å²) >= 11 is 0. The number of hydrogen-bond donors (Lipinski definition) is 2. The third kappa shape index (κ3) is 2.49. The maximum atomic E-state index is 12.5. The van der Waals surface area contributed by atoms with Crippen LogP contribution in [-0.2, 0) is 4.79 Å². The molecule has 2 amide bonds. The van der Waals surface area contributed by atoms with Crippen LogP contribution in [0, 0.1) is 5.92 Å². The van der Waals surface area contributed by atoms with Gasteiger partial charge >= 0.3 is 12.0 Å². The molecule has 0 aromatic rings. The maximum absolute atomic E-state index is 12.5. The van der Waals surface area contributed by atoms with E-state index in [1.807, 2.05) is 6.92 Å². The fourth-order valence-electron chi connectivity index (χ4n) is 3.42. The van der Waals surface area contributed by atoms with E-state index in [1.54, 1.807) is 11.9 Å². The second-order valence-corrected chi connectivity index (χ2v) is 6.10. The van der Waals surface area contributed by atoms with Crippen molar-refractivity contribution in [2.45, 2.75) is 50.7 Å². The zero-order valence-corrected chi connectivity index (χ0v) is 12.2. The van der Waals surface area contributed by atoms with E-state index in [-0.39, 0.29) is 12.1 Å². The lowest BCUT2D eigenvalue weighted by Gasteiger charge is -2.39. The number of aliphatic hydroxyl groups excluding tert-OH is 1. The Labute approximate surface area is 119 Å². The molecule has 6 heteroatoms.